The van der Waals surface area contributed by atoms with Gasteiger partial charge in [0.05, 0.1) is 13.2 Å². The second-order valence-corrected chi connectivity index (χ2v) is 5.53. The maximum atomic E-state index is 12.7. The summed E-state index contributed by atoms with van der Waals surface area (Å²) in [4.78, 5) is 12.4. The summed E-state index contributed by atoms with van der Waals surface area (Å²) in [7, 11) is 1.31. The van der Waals surface area contributed by atoms with Crippen LogP contribution in [-0.4, -0.2) is 19.6 Å². The number of carbonyl (C=O) groups is 1. The van der Waals surface area contributed by atoms with Crippen LogP contribution >= 0.6 is 0 Å². The van der Waals surface area contributed by atoms with E-state index in [1.807, 2.05) is 30.3 Å². The normalized spacial score (nSPS) is 12.2. The Morgan fingerprint density at radius 3 is 2.48 bits per heavy atom. The lowest BCUT2D eigenvalue weighted by Gasteiger charge is -2.15. The van der Waals surface area contributed by atoms with Crippen molar-refractivity contribution in [3.63, 3.8) is 0 Å². The molecule has 140 valence electrons. The average Bonchev–Trinajstić information content (AvgIpc) is 2.67. The number of ether oxygens (including phenoxy) is 2. The van der Waals surface area contributed by atoms with Gasteiger partial charge in [0.2, 0.25) is 0 Å². The molecule has 5 nitrogen and oxygen atoms in total. The number of benzene rings is 2. The molecule has 2 rings (SSSR count). The quantitative estimate of drug-likeness (QED) is 0.587. The fourth-order valence-electron chi connectivity index (χ4n) is 2.43. The van der Waals surface area contributed by atoms with Crippen LogP contribution in [0.25, 0.3) is 6.08 Å². The molecule has 0 spiro atoms. The molecule has 0 aromatic heterocycles. The molecule has 0 saturated carbocycles. The van der Waals surface area contributed by atoms with E-state index in [4.69, 9.17) is 4.74 Å². The predicted molar refractivity (Wildman–Crippen MR) is 96.2 cm³/mol. The van der Waals surface area contributed by atoms with Crippen LogP contribution in [0.15, 0.2) is 54.1 Å². The number of rotatable bonds is 7. The highest BCUT2D eigenvalue weighted by Crippen LogP contribution is 2.33. The molecule has 0 saturated heterocycles. The Bertz CT molecular complexity index is 861. The molecule has 7 heteroatoms. The third kappa shape index (κ3) is 5.28. The second-order valence-electron chi connectivity index (χ2n) is 5.53. The Labute approximate surface area is 155 Å². The van der Waals surface area contributed by atoms with Crippen molar-refractivity contribution in [1.82, 2.24) is 5.32 Å². The third-order valence-electron chi connectivity index (χ3n) is 3.75. The van der Waals surface area contributed by atoms with Crippen LogP contribution in [0.2, 0.25) is 0 Å². The lowest BCUT2D eigenvalue weighted by molar-refractivity contribution is -0.117. The number of methoxy groups -OCH3 is 1. The number of amides is 1. The van der Waals surface area contributed by atoms with Gasteiger partial charge >= 0.3 is 6.61 Å². The van der Waals surface area contributed by atoms with Crippen LogP contribution in [-0.2, 0) is 4.79 Å². The summed E-state index contributed by atoms with van der Waals surface area (Å²) in [6, 6.07) is 15.1. The summed E-state index contributed by atoms with van der Waals surface area (Å²) in [5.74, 6) is -0.800. The topological polar surface area (TPSA) is 71.3 Å². The van der Waals surface area contributed by atoms with Crippen molar-refractivity contribution >= 4 is 12.0 Å². The number of hydrogen-bond acceptors (Lipinski definition) is 4. The lowest BCUT2D eigenvalue weighted by atomic mass is 10.1. The summed E-state index contributed by atoms with van der Waals surface area (Å²) in [6.07, 6.45) is 1.19. The smallest absolute Gasteiger partial charge is 0.387 e. The van der Waals surface area contributed by atoms with Crippen molar-refractivity contribution in [2.45, 2.75) is 19.6 Å². The molecule has 0 bridgehead atoms. The van der Waals surface area contributed by atoms with Crippen LogP contribution in [0.3, 0.4) is 0 Å². The zero-order chi connectivity index (χ0) is 19.8. The first kappa shape index (κ1) is 19.9. The fraction of sp³-hybridized carbons (Fsp3) is 0.200. The highest BCUT2D eigenvalue weighted by Gasteiger charge is 2.18. The van der Waals surface area contributed by atoms with Crippen LogP contribution in [0, 0.1) is 11.3 Å². The predicted octanol–water partition coefficient (Wildman–Crippen LogP) is 4.08. The molecule has 0 unspecified atom stereocenters. The Morgan fingerprint density at radius 1 is 1.19 bits per heavy atom. The van der Waals surface area contributed by atoms with Gasteiger partial charge < -0.3 is 14.8 Å². The molecule has 0 aliphatic carbocycles. The average molecular weight is 372 g/mol. The van der Waals surface area contributed by atoms with E-state index in [2.05, 4.69) is 10.1 Å². The van der Waals surface area contributed by atoms with Gasteiger partial charge in [-0.15, -0.1) is 0 Å². The zero-order valence-electron chi connectivity index (χ0n) is 14.8. The van der Waals surface area contributed by atoms with Gasteiger partial charge in [-0.3, -0.25) is 4.79 Å². The van der Waals surface area contributed by atoms with Gasteiger partial charge in [0, 0.05) is 5.56 Å². The van der Waals surface area contributed by atoms with E-state index in [-0.39, 0.29) is 28.7 Å². The van der Waals surface area contributed by atoms with Gasteiger partial charge in [-0.2, -0.15) is 14.0 Å². The summed E-state index contributed by atoms with van der Waals surface area (Å²) >= 11 is 0. The molecule has 27 heavy (non-hydrogen) atoms. The number of para-hydroxylation sites is 1. The van der Waals surface area contributed by atoms with E-state index in [1.165, 1.54) is 25.3 Å². The number of hydrogen-bond donors (Lipinski definition) is 1. The number of alkyl halides is 2. The maximum absolute atomic E-state index is 12.7. The lowest BCUT2D eigenvalue weighted by Crippen LogP contribution is -2.27. The molecular formula is C20H18F2N2O3. The number of halogens is 2. The molecule has 1 atom stereocenters. The number of nitrogens with one attached hydrogen (secondary N) is 1. The number of nitriles is 1. The molecule has 0 aliphatic heterocycles. The number of nitrogens with zero attached hydrogens (tertiary/aromatic N) is 1. The fourth-order valence-corrected chi connectivity index (χ4v) is 2.43. The summed E-state index contributed by atoms with van der Waals surface area (Å²) in [5.41, 5.74) is 0.755. The Morgan fingerprint density at radius 2 is 1.89 bits per heavy atom. The summed E-state index contributed by atoms with van der Waals surface area (Å²) in [5, 5.41) is 12.0. The van der Waals surface area contributed by atoms with Gasteiger partial charge in [0.25, 0.3) is 5.91 Å². The standard InChI is InChI=1S/C20H18F2N2O3/c1-13(14-7-4-3-5-8-14)24-19(25)16(12-23)11-15-9-6-10-17(26-2)18(15)27-20(21)22/h3-11,13,20H,1-2H3,(H,24,25)/b16-11+/t13-/m1/s1. The SMILES string of the molecule is COc1cccc(/C=C(\C#N)C(=O)N[C@H](C)c2ccccc2)c1OC(F)F. The highest BCUT2D eigenvalue weighted by atomic mass is 19.3. The van der Waals surface area contributed by atoms with Crippen LogP contribution in [0.4, 0.5) is 8.78 Å². The summed E-state index contributed by atoms with van der Waals surface area (Å²) < 4.78 is 34.9. The molecule has 1 N–H and O–H groups in total. The molecule has 0 radical (unpaired) electrons. The van der Waals surface area contributed by atoms with Gasteiger partial charge in [-0.05, 0) is 24.6 Å². The first-order chi connectivity index (χ1) is 13.0. The number of carbonyl (C=O) groups excluding carboxylic acids is 1. The highest BCUT2D eigenvalue weighted by molar-refractivity contribution is 6.02. The van der Waals surface area contributed by atoms with Gasteiger partial charge in [0.15, 0.2) is 11.5 Å². The molecule has 2 aromatic carbocycles. The van der Waals surface area contributed by atoms with Crippen molar-refractivity contribution in [3.8, 4) is 17.6 Å². The molecule has 0 fully saturated rings. The Hall–Kier alpha value is -3.40. The van der Waals surface area contributed by atoms with Crippen molar-refractivity contribution in [1.29, 1.82) is 5.26 Å². The Balaban J connectivity index is 2.30. The van der Waals surface area contributed by atoms with E-state index >= 15 is 0 Å². The van der Waals surface area contributed by atoms with E-state index in [1.54, 1.807) is 19.1 Å². The second kappa shape index (κ2) is 9.34. The van der Waals surface area contributed by atoms with Crippen molar-refractivity contribution in [2.75, 3.05) is 7.11 Å². The van der Waals surface area contributed by atoms with E-state index in [9.17, 15) is 18.8 Å². The molecule has 2 aromatic rings. The van der Waals surface area contributed by atoms with E-state index in [0.29, 0.717) is 0 Å². The van der Waals surface area contributed by atoms with Gasteiger partial charge in [0.1, 0.15) is 11.6 Å². The minimum Gasteiger partial charge on any atom is -0.493 e. The van der Waals surface area contributed by atoms with Gasteiger partial charge in [-0.25, -0.2) is 0 Å². The van der Waals surface area contributed by atoms with Crippen LogP contribution in [0.5, 0.6) is 11.5 Å². The van der Waals surface area contributed by atoms with Gasteiger partial charge in [-0.1, -0.05) is 42.5 Å². The summed E-state index contributed by atoms with van der Waals surface area (Å²) in [6.45, 7) is -1.30. The van der Waals surface area contributed by atoms with E-state index < -0.39 is 12.5 Å². The van der Waals surface area contributed by atoms with Crippen molar-refractivity contribution < 1.29 is 23.0 Å². The monoisotopic (exact) mass is 372 g/mol. The molecule has 1 amide bonds. The minimum atomic E-state index is -3.08. The first-order valence-electron chi connectivity index (χ1n) is 8.05. The van der Waals surface area contributed by atoms with Crippen LogP contribution in [0.1, 0.15) is 24.1 Å². The largest absolute Gasteiger partial charge is 0.493 e. The molecule has 0 aliphatic rings. The third-order valence-corrected chi connectivity index (χ3v) is 3.75. The first-order valence-corrected chi connectivity index (χ1v) is 8.05. The van der Waals surface area contributed by atoms with E-state index in [0.717, 1.165) is 5.56 Å². The zero-order valence-corrected chi connectivity index (χ0v) is 14.8. The molecular weight excluding hydrogens is 354 g/mol. The van der Waals surface area contributed by atoms with Crippen molar-refractivity contribution in [2.24, 2.45) is 0 Å². The van der Waals surface area contributed by atoms with Crippen LogP contribution < -0.4 is 14.8 Å². The van der Waals surface area contributed by atoms with Crippen molar-refractivity contribution in [3.05, 3.63) is 65.2 Å². The molecule has 0 heterocycles. The maximum Gasteiger partial charge on any atom is 0.387 e. The minimum absolute atomic E-state index is 0.0689. The Kier molecular flexibility index (Phi) is 6.89.